The summed E-state index contributed by atoms with van der Waals surface area (Å²) in [6.45, 7) is 3.66. The maximum Gasteiger partial charge on any atom is 0.220 e. The molecule has 7 unspecified atom stereocenters. The van der Waals surface area contributed by atoms with E-state index in [2.05, 4.69) is 79.9 Å². The highest BCUT2D eigenvalue weighted by atomic mass is 16.7. The Hall–Kier alpha value is -2.11. The number of carbonyl (C=O) groups is 1. The third-order valence-electron chi connectivity index (χ3n) is 9.64. The molecule has 0 aromatic heterocycles. The van der Waals surface area contributed by atoms with Gasteiger partial charge >= 0.3 is 0 Å². The molecular weight excluding hydrogens is 670 g/mol. The molecule has 1 fully saturated rings. The predicted octanol–water partition coefficient (Wildman–Crippen LogP) is 8.05. The van der Waals surface area contributed by atoms with Crippen LogP contribution in [0.3, 0.4) is 0 Å². The van der Waals surface area contributed by atoms with Gasteiger partial charge in [0.1, 0.15) is 24.4 Å². The van der Waals surface area contributed by atoms with E-state index in [0.29, 0.717) is 12.8 Å². The molecule has 1 heterocycles. The Morgan fingerprint density at radius 2 is 1.15 bits per heavy atom. The van der Waals surface area contributed by atoms with Crippen LogP contribution in [0.15, 0.2) is 60.8 Å². The van der Waals surface area contributed by atoms with Gasteiger partial charge in [-0.25, -0.2) is 0 Å². The molecule has 9 nitrogen and oxygen atoms in total. The number of carbonyl (C=O) groups excluding carboxylic acids is 1. The molecule has 0 spiro atoms. The summed E-state index contributed by atoms with van der Waals surface area (Å²) in [5.41, 5.74) is 0. The minimum atomic E-state index is -1.56. The van der Waals surface area contributed by atoms with Crippen LogP contribution in [-0.4, -0.2) is 87.5 Å². The van der Waals surface area contributed by atoms with Gasteiger partial charge in [-0.05, 0) is 51.4 Å². The minimum Gasteiger partial charge on any atom is -0.394 e. The third kappa shape index (κ3) is 25.6. The van der Waals surface area contributed by atoms with E-state index in [1.54, 1.807) is 0 Å². The number of hydrogen-bond acceptors (Lipinski definition) is 8. The summed E-state index contributed by atoms with van der Waals surface area (Å²) >= 11 is 0. The molecule has 1 saturated heterocycles. The molecule has 6 N–H and O–H groups in total. The summed E-state index contributed by atoms with van der Waals surface area (Å²) in [5, 5.41) is 54.1. The van der Waals surface area contributed by atoms with E-state index in [4.69, 9.17) is 9.47 Å². The van der Waals surface area contributed by atoms with Crippen LogP contribution < -0.4 is 5.32 Å². The van der Waals surface area contributed by atoms with Crippen molar-refractivity contribution in [1.82, 2.24) is 5.32 Å². The van der Waals surface area contributed by atoms with Crippen molar-refractivity contribution in [2.75, 3.05) is 13.2 Å². The van der Waals surface area contributed by atoms with Crippen molar-refractivity contribution in [3.63, 3.8) is 0 Å². The van der Waals surface area contributed by atoms with Crippen molar-refractivity contribution in [2.24, 2.45) is 0 Å². The van der Waals surface area contributed by atoms with Gasteiger partial charge in [-0.15, -0.1) is 0 Å². The van der Waals surface area contributed by atoms with Gasteiger partial charge < -0.3 is 40.3 Å². The van der Waals surface area contributed by atoms with Gasteiger partial charge in [0.2, 0.25) is 5.91 Å². The average Bonchev–Trinajstić information content (AvgIpc) is 3.16. The zero-order valence-corrected chi connectivity index (χ0v) is 33.2. The van der Waals surface area contributed by atoms with Crippen molar-refractivity contribution in [1.29, 1.82) is 0 Å². The first-order valence-corrected chi connectivity index (χ1v) is 21.0. The van der Waals surface area contributed by atoms with Crippen molar-refractivity contribution in [3.05, 3.63) is 60.8 Å². The first-order valence-electron chi connectivity index (χ1n) is 21.0. The van der Waals surface area contributed by atoms with E-state index in [-0.39, 0.29) is 18.9 Å². The number of aliphatic hydroxyl groups excluding tert-OH is 5. The highest BCUT2D eigenvalue weighted by Crippen LogP contribution is 2.23. The normalized spacial score (nSPS) is 22.3. The van der Waals surface area contributed by atoms with Crippen LogP contribution in [0.1, 0.15) is 155 Å². The number of hydrogen-bond donors (Lipinski definition) is 6. The molecule has 7 atom stereocenters. The predicted molar refractivity (Wildman–Crippen MR) is 216 cm³/mol. The summed E-state index contributed by atoms with van der Waals surface area (Å²) in [4.78, 5) is 12.9. The molecule has 306 valence electrons. The van der Waals surface area contributed by atoms with Crippen molar-refractivity contribution < 1.29 is 39.8 Å². The summed E-state index contributed by atoms with van der Waals surface area (Å²) in [6.07, 6.45) is 36.6. The highest BCUT2D eigenvalue weighted by molar-refractivity contribution is 5.76. The van der Waals surface area contributed by atoms with Gasteiger partial charge in [0.15, 0.2) is 6.29 Å². The average molecular weight is 748 g/mol. The van der Waals surface area contributed by atoms with E-state index in [9.17, 15) is 30.3 Å². The second kappa shape index (κ2) is 34.4. The van der Waals surface area contributed by atoms with Crippen molar-refractivity contribution in [2.45, 2.75) is 198 Å². The Bertz CT molecular complexity index is 1010. The molecule has 0 radical (unpaired) electrons. The zero-order chi connectivity index (χ0) is 38.8. The van der Waals surface area contributed by atoms with Gasteiger partial charge in [0.25, 0.3) is 0 Å². The SMILES string of the molecule is CC/C=C\C/C=C\C/C=C\C/C=C\C/C=C\CCCC(=O)NC(COC1OC(CO)C(O)C(O)C1O)C(O)CCCCCCCCCCCCCCC. The largest absolute Gasteiger partial charge is 0.394 e. The Morgan fingerprint density at radius 3 is 1.66 bits per heavy atom. The molecule has 0 bridgehead atoms. The Labute approximate surface area is 322 Å². The van der Waals surface area contributed by atoms with Gasteiger partial charge in [0, 0.05) is 6.42 Å². The Balaban J connectivity index is 2.44. The molecule has 0 aliphatic carbocycles. The molecular formula is C44H77NO8. The maximum atomic E-state index is 12.9. The molecule has 0 aromatic carbocycles. The molecule has 0 saturated carbocycles. The topological polar surface area (TPSA) is 149 Å². The zero-order valence-electron chi connectivity index (χ0n) is 33.2. The van der Waals surface area contributed by atoms with Crippen LogP contribution in [0, 0.1) is 0 Å². The van der Waals surface area contributed by atoms with Crippen LogP contribution in [0.4, 0.5) is 0 Å². The van der Waals surface area contributed by atoms with E-state index in [1.807, 2.05) is 0 Å². The first kappa shape index (κ1) is 48.9. The second-order valence-electron chi connectivity index (χ2n) is 14.4. The van der Waals surface area contributed by atoms with Crippen LogP contribution >= 0.6 is 0 Å². The van der Waals surface area contributed by atoms with Crippen molar-refractivity contribution in [3.8, 4) is 0 Å². The number of ether oxygens (including phenoxy) is 2. The number of amides is 1. The summed E-state index contributed by atoms with van der Waals surface area (Å²) in [7, 11) is 0. The number of aliphatic hydroxyl groups is 5. The highest BCUT2D eigenvalue weighted by Gasteiger charge is 2.44. The standard InChI is InChI=1S/C44H77NO8/c1-3-5-7-9-11-13-15-17-18-19-20-22-24-26-28-30-32-34-40(48)45-37(36-52-44-43(51)42(50)41(49)39(35-46)53-44)38(47)33-31-29-27-25-23-21-16-14-12-10-8-6-4-2/h5,7,11,13,17-18,20,22,26,28,37-39,41-44,46-47,49-51H,3-4,6,8-10,12,14-16,19,21,23-25,27,29-36H2,1-2H3,(H,45,48)/b7-5-,13-11-,18-17-,22-20-,28-26-. The summed E-state index contributed by atoms with van der Waals surface area (Å²) in [5.74, 6) is -0.204. The van der Waals surface area contributed by atoms with Crippen LogP contribution in [-0.2, 0) is 14.3 Å². The number of unbranched alkanes of at least 4 members (excludes halogenated alkanes) is 13. The molecule has 1 amide bonds. The van der Waals surface area contributed by atoms with E-state index < -0.39 is 49.5 Å². The maximum absolute atomic E-state index is 12.9. The molecule has 1 aliphatic rings. The fourth-order valence-corrected chi connectivity index (χ4v) is 6.25. The van der Waals surface area contributed by atoms with E-state index in [1.165, 1.54) is 64.2 Å². The Morgan fingerprint density at radius 1 is 0.660 bits per heavy atom. The molecule has 0 aromatic rings. The minimum absolute atomic E-state index is 0.164. The van der Waals surface area contributed by atoms with Gasteiger partial charge in [-0.2, -0.15) is 0 Å². The molecule has 1 rings (SSSR count). The summed E-state index contributed by atoms with van der Waals surface area (Å²) < 4.78 is 11.2. The molecule has 9 heteroatoms. The van der Waals surface area contributed by atoms with Gasteiger partial charge in [-0.1, -0.05) is 158 Å². The van der Waals surface area contributed by atoms with E-state index in [0.717, 1.165) is 57.8 Å². The number of rotatable bonds is 33. The van der Waals surface area contributed by atoms with Gasteiger partial charge in [-0.3, -0.25) is 4.79 Å². The lowest BCUT2D eigenvalue weighted by atomic mass is 9.99. The lowest BCUT2D eigenvalue weighted by molar-refractivity contribution is -0.302. The fraction of sp³-hybridized carbons (Fsp3) is 0.750. The van der Waals surface area contributed by atoms with Crippen LogP contribution in [0.5, 0.6) is 0 Å². The monoisotopic (exact) mass is 748 g/mol. The molecule has 53 heavy (non-hydrogen) atoms. The lowest BCUT2D eigenvalue weighted by Crippen LogP contribution is -2.60. The lowest BCUT2D eigenvalue weighted by Gasteiger charge is -2.40. The first-order chi connectivity index (χ1) is 25.8. The smallest absolute Gasteiger partial charge is 0.220 e. The van der Waals surface area contributed by atoms with Crippen LogP contribution in [0.2, 0.25) is 0 Å². The van der Waals surface area contributed by atoms with Gasteiger partial charge in [0.05, 0.1) is 25.4 Å². The van der Waals surface area contributed by atoms with E-state index >= 15 is 0 Å². The van der Waals surface area contributed by atoms with Crippen molar-refractivity contribution >= 4 is 5.91 Å². The third-order valence-corrected chi connectivity index (χ3v) is 9.64. The number of allylic oxidation sites excluding steroid dienone is 10. The second-order valence-corrected chi connectivity index (χ2v) is 14.4. The fourth-order valence-electron chi connectivity index (χ4n) is 6.25. The quantitative estimate of drug-likeness (QED) is 0.0292. The van der Waals surface area contributed by atoms with Crippen LogP contribution in [0.25, 0.3) is 0 Å². The Kier molecular flexibility index (Phi) is 31.7. The number of nitrogens with one attached hydrogen (secondary N) is 1. The molecule has 1 aliphatic heterocycles. The summed E-state index contributed by atoms with van der Waals surface area (Å²) in [6, 6.07) is -0.749.